The summed E-state index contributed by atoms with van der Waals surface area (Å²) in [6.45, 7) is 3.22. The number of thioether (sulfide) groups is 1. The van der Waals surface area contributed by atoms with Crippen LogP contribution in [0, 0.1) is 0 Å². The Kier molecular flexibility index (Phi) is 5.23. The highest BCUT2D eigenvalue weighted by Gasteiger charge is 2.47. The van der Waals surface area contributed by atoms with Crippen molar-refractivity contribution in [2.45, 2.75) is 41.4 Å². The molecule has 0 radical (unpaired) electrons. The molecule has 0 atom stereocenters. The predicted octanol–water partition coefficient (Wildman–Crippen LogP) is 4.73. The molecule has 3 aliphatic rings. The van der Waals surface area contributed by atoms with Crippen molar-refractivity contribution in [3.8, 4) is 11.4 Å². The number of hydrogen-bond acceptors (Lipinski definition) is 7. The van der Waals surface area contributed by atoms with Crippen LogP contribution >= 0.6 is 11.8 Å². The van der Waals surface area contributed by atoms with Crippen LogP contribution in [0.2, 0.25) is 0 Å². The van der Waals surface area contributed by atoms with E-state index in [0.29, 0.717) is 6.04 Å². The van der Waals surface area contributed by atoms with Crippen LogP contribution in [0.15, 0.2) is 59.8 Å². The monoisotopic (exact) mass is 445 g/mol. The third-order valence-corrected chi connectivity index (χ3v) is 7.79. The summed E-state index contributed by atoms with van der Waals surface area (Å²) in [5.74, 6) is 1.82. The van der Waals surface area contributed by atoms with E-state index in [0.717, 1.165) is 62.0 Å². The maximum Gasteiger partial charge on any atom is 0.161 e. The van der Waals surface area contributed by atoms with E-state index in [2.05, 4.69) is 57.7 Å². The van der Waals surface area contributed by atoms with Gasteiger partial charge in [-0.1, -0.05) is 0 Å². The summed E-state index contributed by atoms with van der Waals surface area (Å²) in [6, 6.07) is 15.6. The van der Waals surface area contributed by atoms with Gasteiger partial charge in [-0.25, -0.2) is 9.97 Å². The summed E-state index contributed by atoms with van der Waals surface area (Å²) in [7, 11) is 0. The molecule has 0 bridgehead atoms. The maximum absolute atomic E-state index is 5.57. The fourth-order valence-electron chi connectivity index (χ4n) is 4.09. The number of nitrogens with zero attached hydrogens (tertiary/aromatic N) is 4. The first kappa shape index (κ1) is 20.0. The van der Waals surface area contributed by atoms with Crippen LogP contribution in [0.3, 0.4) is 0 Å². The Hall–Kier alpha value is -2.64. The number of ether oxygens (including phenoxy) is 1. The van der Waals surface area contributed by atoms with Gasteiger partial charge >= 0.3 is 0 Å². The topological polar surface area (TPSA) is 63.2 Å². The Morgan fingerprint density at radius 3 is 2.41 bits per heavy atom. The van der Waals surface area contributed by atoms with Gasteiger partial charge < -0.3 is 15.0 Å². The normalized spacial score (nSPS) is 19.6. The van der Waals surface area contributed by atoms with E-state index < -0.39 is 0 Å². The lowest BCUT2D eigenvalue weighted by atomic mass is 10.1. The molecule has 2 saturated carbocycles. The number of morpholine rings is 1. The van der Waals surface area contributed by atoms with Gasteiger partial charge in [0.05, 0.1) is 23.7 Å². The zero-order valence-electron chi connectivity index (χ0n) is 18.0. The molecule has 32 heavy (non-hydrogen) atoms. The molecule has 0 spiro atoms. The lowest BCUT2D eigenvalue weighted by Crippen LogP contribution is -2.37. The summed E-state index contributed by atoms with van der Waals surface area (Å²) in [6.07, 6.45) is 8.52. The molecule has 2 aromatic heterocycles. The minimum atomic E-state index is 0.0214. The van der Waals surface area contributed by atoms with E-state index >= 15 is 0 Å². The summed E-state index contributed by atoms with van der Waals surface area (Å²) >= 11 is 1.90. The minimum absolute atomic E-state index is 0.0214. The molecule has 1 N–H and O–H groups in total. The lowest BCUT2D eigenvalue weighted by Gasteiger charge is -2.29. The van der Waals surface area contributed by atoms with Gasteiger partial charge in [0, 0.05) is 53.7 Å². The van der Waals surface area contributed by atoms with Crippen molar-refractivity contribution in [3.05, 3.63) is 60.6 Å². The summed E-state index contributed by atoms with van der Waals surface area (Å²) < 4.78 is 5.59. The van der Waals surface area contributed by atoms with Gasteiger partial charge in [0.1, 0.15) is 5.82 Å². The molecule has 2 aliphatic carbocycles. The smallest absolute Gasteiger partial charge is 0.161 e. The second-order valence-corrected chi connectivity index (χ2v) is 10.3. The van der Waals surface area contributed by atoms with Crippen molar-refractivity contribution in [3.63, 3.8) is 0 Å². The molecule has 6 nitrogen and oxygen atoms in total. The van der Waals surface area contributed by atoms with Crippen LogP contribution in [-0.4, -0.2) is 47.3 Å². The average Bonchev–Trinajstić information content (AvgIpc) is 3.78. The Morgan fingerprint density at radius 2 is 1.72 bits per heavy atom. The third-order valence-electron chi connectivity index (χ3n) is 6.27. The standard InChI is InChI=1S/C25H27N5OS/c1-3-19(27-20-5-6-20)4-2-18(1)24-28-22(17-23(29-24)30-13-15-31-16-14-30)25(9-10-25)32-21-7-11-26-12-8-21/h1-4,7-8,11-12,17,20,27H,5-6,9-10,13-16H2. The van der Waals surface area contributed by atoms with Gasteiger partial charge in [0.2, 0.25) is 0 Å². The maximum atomic E-state index is 5.57. The SMILES string of the molecule is c1cc(SC2(c3cc(N4CCOCC4)nc(-c4ccc(NC5CC5)cc4)n3)CC2)ccn1. The lowest BCUT2D eigenvalue weighted by molar-refractivity contribution is 0.122. The Balaban J connectivity index is 1.35. The van der Waals surface area contributed by atoms with Crippen molar-refractivity contribution in [2.24, 2.45) is 0 Å². The number of rotatable bonds is 7. The van der Waals surface area contributed by atoms with Crippen LogP contribution in [0.5, 0.6) is 0 Å². The Morgan fingerprint density at radius 1 is 0.969 bits per heavy atom. The van der Waals surface area contributed by atoms with Crippen molar-refractivity contribution >= 4 is 23.3 Å². The third kappa shape index (κ3) is 4.32. The van der Waals surface area contributed by atoms with E-state index in [9.17, 15) is 0 Å². The molecule has 1 aliphatic heterocycles. The highest BCUT2D eigenvalue weighted by molar-refractivity contribution is 8.00. The number of nitrogens with one attached hydrogen (secondary N) is 1. The number of pyridine rings is 1. The molecular formula is C25H27N5OS. The van der Waals surface area contributed by atoms with Crippen LogP contribution in [0.25, 0.3) is 11.4 Å². The zero-order valence-corrected chi connectivity index (χ0v) is 18.9. The molecule has 6 rings (SSSR count). The molecule has 3 heterocycles. The number of benzene rings is 1. The van der Waals surface area contributed by atoms with Crippen LogP contribution in [-0.2, 0) is 9.48 Å². The molecule has 0 unspecified atom stereocenters. The molecule has 0 amide bonds. The van der Waals surface area contributed by atoms with E-state index in [1.807, 2.05) is 24.2 Å². The number of hydrogen-bond donors (Lipinski definition) is 1. The van der Waals surface area contributed by atoms with Gasteiger partial charge in [0.15, 0.2) is 5.82 Å². The number of aromatic nitrogens is 3. The molecule has 7 heteroatoms. The van der Waals surface area contributed by atoms with Crippen LogP contribution < -0.4 is 10.2 Å². The summed E-state index contributed by atoms with van der Waals surface area (Å²) in [5, 5.41) is 3.56. The van der Waals surface area contributed by atoms with E-state index in [1.54, 1.807) is 0 Å². The van der Waals surface area contributed by atoms with Crippen LogP contribution in [0.4, 0.5) is 11.5 Å². The summed E-state index contributed by atoms with van der Waals surface area (Å²) in [5.41, 5.74) is 3.37. The molecule has 1 saturated heterocycles. The first-order valence-corrected chi connectivity index (χ1v) is 12.3. The largest absolute Gasteiger partial charge is 0.382 e. The first-order chi connectivity index (χ1) is 15.8. The highest BCUT2D eigenvalue weighted by atomic mass is 32.2. The molecule has 164 valence electrons. The van der Waals surface area contributed by atoms with Gasteiger partial charge in [-0.05, 0) is 62.1 Å². The highest BCUT2D eigenvalue weighted by Crippen LogP contribution is 2.59. The average molecular weight is 446 g/mol. The van der Waals surface area contributed by atoms with Gasteiger partial charge in [0.25, 0.3) is 0 Å². The second-order valence-electron chi connectivity index (χ2n) is 8.81. The first-order valence-electron chi connectivity index (χ1n) is 11.5. The molecule has 1 aromatic carbocycles. The Bertz CT molecular complexity index is 1080. The summed E-state index contributed by atoms with van der Waals surface area (Å²) in [4.78, 5) is 17.8. The molecule has 3 aromatic rings. The van der Waals surface area contributed by atoms with E-state index in [-0.39, 0.29) is 4.75 Å². The van der Waals surface area contributed by atoms with Gasteiger partial charge in [-0.2, -0.15) is 0 Å². The quantitative estimate of drug-likeness (QED) is 0.564. The van der Waals surface area contributed by atoms with Crippen LogP contribution in [0.1, 0.15) is 31.4 Å². The number of anilines is 2. The van der Waals surface area contributed by atoms with Gasteiger partial charge in [-0.3, -0.25) is 4.98 Å². The fourth-order valence-corrected chi connectivity index (χ4v) is 5.31. The van der Waals surface area contributed by atoms with E-state index in [4.69, 9.17) is 14.7 Å². The molecule has 3 fully saturated rings. The second kappa shape index (κ2) is 8.37. The molecular weight excluding hydrogens is 418 g/mol. The zero-order chi connectivity index (χ0) is 21.4. The van der Waals surface area contributed by atoms with Crippen molar-refractivity contribution in [1.29, 1.82) is 0 Å². The van der Waals surface area contributed by atoms with Crippen molar-refractivity contribution < 1.29 is 4.74 Å². The van der Waals surface area contributed by atoms with Crippen molar-refractivity contribution in [2.75, 3.05) is 36.5 Å². The Labute approximate surface area is 192 Å². The minimum Gasteiger partial charge on any atom is -0.382 e. The van der Waals surface area contributed by atoms with Crippen molar-refractivity contribution in [1.82, 2.24) is 15.0 Å². The van der Waals surface area contributed by atoms with E-state index in [1.165, 1.54) is 23.4 Å². The van der Waals surface area contributed by atoms with Gasteiger partial charge in [-0.15, -0.1) is 11.8 Å². The predicted molar refractivity (Wildman–Crippen MR) is 128 cm³/mol. The fraction of sp³-hybridized carbons (Fsp3) is 0.400.